The van der Waals surface area contributed by atoms with Crippen LogP contribution < -0.4 is 15.4 Å². The minimum Gasteiger partial charge on any atom is -0.497 e. The van der Waals surface area contributed by atoms with E-state index < -0.39 is 0 Å². The van der Waals surface area contributed by atoms with Gasteiger partial charge in [0, 0.05) is 25.1 Å². The monoisotopic (exact) mass is 320 g/mol. The lowest BCUT2D eigenvalue weighted by Gasteiger charge is -2.07. The Morgan fingerprint density at radius 3 is 2.57 bits per heavy atom. The first-order valence-electron chi connectivity index (χ1n) is 8.36. The molecule has 0 radical (unpaired) electrons. The van der Waals surface area contributed by atoms with Gasteiger partial charge in [0.1, 0.15) is 5.75 Å². The molecule has 2 N–H and O–H groups in total. The second kappa shape index (κ2) is 11.5. The van der Waals surface area contributed by atoms with Crippen LogP contribution in [0.4, 0.5) is 0 Å². The highest BCUT2D eigenvalue weighted by atomic mass is 16.5. The van der Waals surface area contributed by atoms with Crippen LogP contribution in [0.25, 0.3) is 0 Å². The largest absolute Gasteiger partial charge is 0.497 e. The van der Waals surface area contributed by atoms with Gasteiger partial charge in [-0.05, 0) is 24.6 Å². The number of carbonyl (C=O) groups excluding carboxylic acids is 2. The maximum Gasteiger partial charge on any atom is 0.251 e. The Morgan fingerprint density at radius 2 is 1.83 bits per heavy atom. The second-order valence-electron chi connectivity index (χ2n) is 5.50. The summed E-state index contributed by atoms with van der Waals surface area (Å²) in [6, 6.07) is 6.93. The molecule has 5 heteroatoms. The van der Waals surface area contributed by atoms with Crippen LogP contribution in [0.5, 0.6) is 5.75 Å². The van der Waals surface area contributed by atoms with Crippen molar-refractivity contribution in [1.29, 1.82) is 0 Å². The zero-order valence-corrected chi connectivity index (χ0v) is 14.2. The third-order valence-electron chi connectivity index (χ3n) is 3.57. The fourth-order valence-electron chi connectivity index (χ4n) is 2.20. The number of hydrogen-bond donors (Lipinski definition) is 2. The summed E-state index contributed by atoms with van der Waals surface area (Å²) in [6.45, 7) is 3.23. The molecule has 5 nitrogen and oxygen atoms in total. The first-order chi connectivity index (χ1) is 11.2. The number of nitrogens with one attached hydrogen (secondary N) is 2. The van der Waals surface area contributed by atoms with Crippen molar-refractivity contribution in [3.05, 3.63) is 29.8 Å². The molecule has 128 valence electrons. The van der Waals surface area contributed by atoms with Crippen molar-refractivity contribution in [2.24, 2.45) is 0 Å². The van der Waals surface area contributed by atoms with Crippen LogP contribution in [-0.2, 0) is 4.79 Å². The molecule has 23 heavy (non-hydrogen) atoms. The van der Waals surface area contributed by atoms with E-state index in [4.69, 9.17) is 4.74 Å². The summed E-state index contributed by atoms with van der Waals surface area (Å²) in [5, 5.41) is 5.63. The van der Waals surface area contributed by atoms with E-state index in [0.29, 0.717) is 30.8 Å². The number of rotatable bonds is 11. The van der Waals surface area contributed by atoms with Gasteiger partial charge in [0.25, 0.3) is 5.91 Å². The minimum absolute atomic E-state index is 0.0218. The predicted octanol–water partition coefficient (Wildman–Crippen LogP) is 2.90. The summed E-state index contributed by atoms with van der Waals surface area (Å²) < 4.78 is 5.08. The molecule has 1 aromatic carbocycles. The van der Waals surface area contributed by atoms with Gasteiger partial charge < -0.3 is 15.4 Å². The molecule has 0 atom stereocenters. The first-order valence-corrected chi connectivity index (χ1v) is 8.36. The minimum atomic E-state index is -0.198. The Morgan fingerprint density at radius 1 is 1.04 bits per heavy atom. The van der Waals surface area contributed by atoms with Crippen LogP contribution in [0.15, 0.2) is 24.3 Å². The normalized spacial score (nSPS) is 10.2. The van der Waals surface area contributed by atoms with Crippen molar-refractivity contribution < 1.29 is 14.3 Å². The molecule has 0 bridgehead atoms. The summed E-state index contributed by atoms with van der Waals surface area (Å²) in [5.74, 6) is 0.418. The number of benzene rings is 1. The van der Waals surface area contributed by atoms with E-state index in [1.54, 1.807) is 31.4 Å². The molecule has 0 spiro atoms. The molecular formula is C18H28N2O3. The van der Waals surface area contributed by atoms with Crippen LogP contribution in [0.2, 0.25) is 0 Å². The van der Waals surface area contributed by atoms with E-state index in [1.807, 2.05) is 0 Å². The summed E-state index contributed by atoms with van der Waals surface area (Å²) in [7, 11) is 1.56. The molecule has 0 saturated heterocycles. The number of ether oxygens (including phenoxy) is 1. The number of unbranched alkanes of at least 4 members (excludes halogenated alkanes) is 4. The molecule has 0 fully saturated rings. The maximum atomic E-state index is 12.0. The molecule has 0 unspecified atom stereocenters. The standard InChI is InChI=1S/C18H28N2O3/c1-3-4-5-6-7-12-19-17(21)11-13-20-18(22)15-9-8-10-16(14-15)23-2/h8-10,14H,3-7,11-13H2,1-2H3,(H,19,21)(H,20,22). The average Bonchev–Trinajstić information content (AvgIpc) is 2.58. The van der Waals surface area contributed by atoms with Gasteiger partial charge in [-0.25, -0.2) is 0 Å². The molecule has 1 rings (SSSR count). The van der Waals surface area contributed by atoms with Gasteiger partial charge in [-0.2, -0.15) is 0 Å². The smallest absolute Gasteiger partial charge is 0.251 e. The summed E-state index contributed by atoms with van der Waals surface area (Å²) in [4.78, 5) is 23.6. The van der Waals surface area contributed by atoms with Gasteiger partial charge in [0.15, 0.2) is 0 Å². The van der Waals surface area contributed by atoms with Gasteiger partial charge in [0.05, 0.1) is 7.11 Å². The molecule has 0 aliphatic carbocycles. The predicted molar refractivity (Wildman–Crippen MR) is 91.7 cm³/mol. The molecule has 2 amide bonds. The van der Waals surface area contributed by atoms with Gasteiger partial charge in [-0.3, -0.25) is 9.59 Å². The highest BCUT2D eigenvalue weighted by Crippen LogP contribution is 2.12. The van der Waals surface area contributed by atoms with Crippen molar-refractivity contribution in [2.75, 3.05) is 20.2 Å². The van der Waals surface area contributed by atoms with Crippen LogP contribution in [-0.4, -0.2) is 32.0 Å². The Hall–Kier alpha value is -2.04. The topological polar surface area (TPSA) is 67.4 Å². The van der Waals surface area contributed by atoms with Crippen molar-refractivity contribution in [2.45, 2.75) is 45.4 Å². The van der Waals surface area contributed by atoms with E-state index >= 15 is 0 Å². The van der Waals surface area contributed by atoms with Crippen LogP contribution in [0, 0.1) is 0 Å². The fourth-order valence-corrected chi connectivity index (χ4v) is 2.20. The van der Waals surface area contributed by atoms with Gasteiger partial charge in [-0.1, -0.05) is 38.7 Å². The number of carbonyl (C=O) groups is 2. The molecule has 0 aliphatic heterocycles. The summed E-state index contributed by atoms with van der Waals surface area (Å²) >= 11 is 0. The van der Waals surface area contributed by atoms with Crippen LogP contribution in [0.3, 0.4) is 0 Å². The van der Waals surface area contributed by atoms with E-state index in [1.165, 1.54) is 19.3 Å². The molecule has 0 heterocycles. The van der Waals surface area contributed by atoms with E-state index in [9.17, 15) is 9.59 Å². The van der Waals surface area contributed by atoms with Crippen LogP contribution >= 0.6 is 0 Å². The fraction of sp³-hybridized carbons (Fsp3) is 0.556. The SMILES string of the molecule is CCCCCCCNC(=O)CCNC(=O)c1cccc(OC)c1. The summed E-state index contributed by atoms with van der Waals surface area (Å²) in [5.41, 5.74) is 0.528. The number of amides is 2. The van der Waals surface area contributed by atoms with Crippen molar-refractivity contribution in [3.8, 4) is 5.75 Å². The lowest BCUT2D eigenvalue weighted by Crippen LogP contribution is -2.31. The highest BCUT2D eigenvalue weighted by Gasteiger charge is 2.07. The second-order valence-corrected chi connectivity index (χ2v) is 5.50. The summed E-state index contributed by atoms with van der Waals surface area (Å²) in [6.07, 6.45) is 6.17. The Labute approximate surface area is 138 Å². The number of methoxy groups -OCH3 is 1. The third-order valence-corrected chi connectivity index (χ3v) is 3.57. The van der Waals surface area contributed by atoms with Crippen molar-refractivity contribution in [1.82, 2.24) is 10.6 Å². The lowest BCUT2D eigenvalue weighted by atomic mass is 10.1. The van der Waals surface area contributed by atoms with Gasteiger partial charge in [-0.15, -0.1) is 0 Å². The zero-order chi connectivity index (χ0) is 16.9. The van der Waals surface area contributed by atoms with Crippen molar-refractivity contribution >= 4 is 11.8 Å². The van der Waals surface area contributed by atoms with Gasteiger partial charge >= 0.3 is 0 Å². The number of hydrogen-bond acceptors (Lipinski definition) is 3. The molecule has 0 aromatic heterocycles. The Balaban J connectivity index is 2.15. The Kier molecular flexibility index (Phi) is 9.52. The molecule has 0 aliphatic rings. The third kappa shape index (κ3) is 8.24. The quantitative estimate of drug-likeness (QED) is 0.616. The molecule has 0 saturated carbocycles. The maximum absolute atomic E-state index is 12.0. The highest BCUT2D eigenvalue weighted by molar-refractivity contribution is 5.94. The van der Waals surface area contributed by atoms with E-state index in [2.05, 4.69) is 17.6 Å². The first kappa shape index (κ1) is 19.0. The van der Waals surface area contributed by atoms with Crippen molar-refractivity contribution in [3.63, 3.8) is 0 Å². The average molecular weight is 320 g/mol. The van der Waals surface area contributed by atoms with Crippen LogP contribution in [0.1, 0.15) is 55.8 Å². The van der Waals surface area contributed by atoms with E-state index in [-0.39, 0.29) is 11.8 Å². The molecule has 1 aromatic rings. The zero-order valence-electron chi connectivity index (χ0n) is 14.2. The molecular weight excluding hydrogens is 292 g/mol. The van der Waals surface area contributed by atoms with E-state index in [0.717, 1.165) is 12.8 Å². The van der Waals surface area contributed by atoms with Gasteiger partial charge in [0.2, 0.25) is 5.91 Å². The Bertz CT molecular complexity index is 489. The lowest BCUT2D eigenvalue weighted by molar-refractivity contribution is -0.120.